The molecule has 1 amide bonds. The number of pyridine rings is 1. The highest BCUT2D eigenvalue weighted by molar-refractivity contribution is 6.03. The number of nitrogens with zero attached hydrogens (tertiary/aromatic N) is 2. The third kappa shape index (κ3) is 4.99. The monoisotopic (exact) mass is 484 g/mol. The van der Waals surface area contributed by atoms with E-state index in [1.165, 1.54) is 12.1 Å². The van der Waals surface area contributed by atoms with E-state index in [1.54, 1.807) is 41.6 Å². The van der Waals surface area contributed by atoms with Crippen LogP contribution in [0.2, 0.25) is 0 Å². The molecule has 1 aromatic heterocycles. The van der Waals surface area contributed by atoms with E-state index < -0.39 is 6.10 Å². The van der Waals surface area contributed by atoms with E-state index in [0.29, 0.717) is 18.4 Å². The topological polar surface area (TPSA) is 73.7 Å². The van der Waals surface area contributed by atoms with Gasteiger partial charge in [0.1, 0.15) is 11.6 Å². The van der Waals surface area contributed by atoms with Crippen molar-refractivity contribution in [2.45, 2.75) is 32.4 Å². The average molecular weight is 485 g/mol. The van der Waals surface area contributed by atoms with Crippen molar-refractivity contribution in [3.05, 3.63) is 114 Å². The summed E-state index contributed by atoms with van der Waals surface area (Å²) in [6.07, 6.45) is 3.60. The standard InChI is InChI=1S/C29H25FN2O3.CH4/c30-23-9-3-20(4-10-23)27(34)16-15-26-28(21-7-13-25(33)14-8-21)32(29(26)35)24-11-5-19(6-12-24)22-2-1-17-31-18-22;/h1-14,17-18,26-28,33-34H,15-16H2;1H4/t26-,27+,28?;/m1./s1. The van der Waals surface area contributed by atoms with Gasteiger partial charge in [-0.15, -0.1) is 0 Å². The summed E-state index contributed by atoms with van der Waals surface area (Å²) >= 11 is 0. The number of rotatable bonds is 7. The van der Waals surface area contributed by atoms with Crippen LogP contribution in [0.3, 0.4) is 0 Å². The minimum atomic E-state index is -0.781. The Balaban J connectivity index is 0.00000304. The van der Waals surface area contributed by atoms with E-state index in [1.807, 2.05) is 48.5 Å². The number of carbonyl (C=O) groups excluding carboxylic acids is 1. The Morgan fingerprint density at radius 2 is 1.61 bits per heavy atom. The number of carbonyl (C=O) groups is 1. The van der Waals surface area contributed by atoms with Crippen LogP contribution in [0.15, 0.2) is 97.3 Å². The van der Waals surface area contributed by atoms with E-state index in [0.717, 1.165) is 22.4 Å². The van der Waals surface area contributed by atoms with Gasteiger partial charge in [-0.25, -0.2) is 4.39 Å². The number of aliphatic hydroxyl groups excluding tert-OH is 1. The number of phenolic OH excluding ortho intramolecular Hbond substituents is 1. The van der Waals surface area contributed by atoms with E-state index >= 15 is 0 Å². The molecule has 184 valence electrons. The molecule has 2 heterocycles. The molecule has 1 aliphatic heterocycles. The van der Waals surface area contributed by atoms with Crippen LogP contribution in [0.5, 0.6) is 5.75 Å². The van der Waals surface area contributed by atoms with Gasteiger partial charge in [0.15, 0.2) is 0 Å². The van der Waals surface area contributed by atoms with Crippen molar-refractivity contribution in [2.75, 3.05) is 4.90 Å². The zero-order valence-corrected chi connectivity index (χ0v) is 19.0. The van der Waals surface area contributed by atoms with Crippen LogP contribution in [0, 0.1) is 11.7 Å². The number of hydrogen-bond donors (Lipinski definition) is 2. The number of aliphatic hydroxyl groups is 1. The lowest BCUT2D eigenvalue weighted by atomic mass is 9.78. The summed E-state index contributed by atoms with van der Waals surface area (Å²) < 4.78 is 13.2. The zero-order chi connectivity index (χ0) is 24.4. The fourth-order valence-corrected chi connectivity index (χ4v) is 4.71. The van der Waals surface area contributed by atoms with Gasteiger partial charge in [-0.2, -0.15) is 0 Å². The van der Waals surface area contributed by atoms with Crippen LogP contribution in [0.4, 0.5) is 10.1 Å². The largest absolute Gasteiger partial charge is 0.508 e. The van der Waals surface area contributed by atoms with Gasteiger partial charge in [0, 0.05) is 18.1 Å². The van der Waals surface area contributed by atoms with Gasteiger partial charge in [-0.3, -0.25) is 9.78 Å². The van der Waals surface area contributed by atoms with Crippen molar-refractivity contribution in [1.29, 1.82) is 0 Å². The van der Waals surface area contributed by atoms with Gasteiger partial charge in [-0.1, -0.05) is 49.9 Å². The fourth-order valence-electron chi connectivity index (χ4n) is 4.71. The predicted octanol–water partition coefficient (Wildman–Crippen LogP) is 6.45. The molecule has 5 rings (SSSR count). The fraction of sp³-hybridized carbons (Fsp3) is 0.200. The summed E-state index contributed by atoms with van der Waals surface area (Å²) in [4.78, 5) is 19.2. The number of amides is 1. The molecule has 0 saturated carbocycles. The highest BCUT2D eigenvalue weighted by Gasteiger charge is 2.48. The molecule has 0 radical (unpaired) electrons. The normalized spacial score (nSPS) is 17.7. The number of halogens is 1. The summed E-state index contributed by atoms with van der Waals surface area (Å²) in [7, 11) is 0. The van der Waals surface area contributed by atoms with Crippen molar-refractivity contribution >= 4 is 11.6 Å². The van der Waals surface area contributed by atoms with Crippen LogP contribution in [-0.2, 0) is 4.79 Å². The SMILES string of the molecule is C.O=C1[C@H](CC[C@H](O)c2ccc(F)cc2)C(c2ccc(O)cc2)N1c1ccc(-c2cccnc2)cc1. The summed E-state index contributed by atoms with van der Waals surface area (Å²) in [5.41, 5.74) is 4.34. The maximum absolute atomic E-state index is 13.3. The Hall–Kier alpha value is -4.03. The van der Waals surface area contributed by atoms with Gasteiger partial charge in [-0.05, 0) is 77.6 Å². The molecule has 1 unspecified atom stereocenters. The third-order valence-corrected chi connectivity index (χ3v) is 6.59. The number of aromatic nitrogens is 1. The van der Waals surface area contributed by atoms with Crippen molar-refractivity contribution in [1.82, 2.24) is 4.98 Å². The molecule has 0 bridgehead atoms. The van der Waals surface area contributed by atoms with E-state index in [-0.39, 0.29) is 36.9 Å². The molecule has 1 fully saturated rings. The first-order valence-corrected chi connectivity index (χ1v) is 11.6. The number of aromatic hydroxyl groups is 1. The van der Waals surface area contributed by atoms with Crippen molar-refractivity contribution in [2.24, 2.45) is 5.92 Å². The molecule has 2 N–H and O–H groups in total. The number of hydrogen-bond acceptors (Lipinski definition) is 4. The van der Waals surface area contributed by atoms with Gasteiger partial charge in [0.05, 0.1) is 18.1 Å². The van der Waals surface area contributed by atoms with E-state index in [4.69, 9.17) is 0 Å². The van der Waals surface area contributed by atoms with E-state index in [2.05, 4.69) is 4.98 Å². The first kappa shape index (κ1) is 25.1. The van der Waals surface area contributed by atoms with Crippen molar-refractivity contribution < 1.29 is 19.4 Å². The Morgan fingerprint density at radius 1 is 0.917 bits per heavy atom. The highest BCUT2D eigenvalue weighted by Crippen LogP contribution is 2.46. The van der Waals surface area contributed by atoms with Gasteiger partial charge < -0.3 is 15.1 Å². The smallest absolute Gasteiger partial charge is 0.233 e. The third-order valence-electron chi connectivity index (χ3n) is 6.59. The quantitative estimate of drug-likeness (QED) is 0.296. The maximum Gasteiger partial charge on any atom is 0.233 e. The maximum atomic E-state index is 13.3. The molecule has 36 heavy (non-hydrogen) atoms. The number of anilines is 1. The summed E-state index contributed by atoms with van der Waals surface area (Å²) in [6.45, 7) is 0. The molecule has 4 aromatic rings. The minimum Gasteiger partial charge on any atom is -0.508 e. The molecule has 6 heteroatoms. The molecule has 1 saturated heterocycles. The Labute approximate surface area is 210 Å². The molecule has 0 spiro atoms. The van der Waals surface area contributed by atoms with Crippen LogP contribution >= 0.6 is 0 Å². The van der Waals surface area contributed by atoms with Crippen LogP contribution in [0.1, 0.15) is 43.5 Å². The van der Waals surface area contributed by atoms with Crippen LogP contribution < -0.4 is 4.90 Å². The lowest BCUT2D eigenvalue weighted by molar-refractivity contribution is -0.131. The molecular weight excluding hydrogens is 455 g/mol. The first-order valence-electron chi connectivity index (χ1n) is 11.6. The Kier molecular flexibility index (Phi) is 7.46. The summed E-state index contributed by atoms with van der Waals surface area (Å²) in [6, 6.07) is 24.1. The predicted molar refractivity (Wildman–Crippen MR) is 139 cm³/mol. The second-order valence-corrected chi connectivity index (χ2v) is 8.78. The van der Waals surface area contributed by atoms with Crippen LogP contribution in [0.25, 0.3) is 11.1 Å². The molecular formula is C30H29FN2O3. The van der Waals surface area contributed by atoms with Crippen LogP contribution in [-0.4, -0.2) is 21.1 Å². The molecule has 1 aliphatic rings. The van der Waals surface area contributed by atoms with Gasteiger partial charge in [0.25, 0.3) is 0 Å². The second kappa shape index (κ2) is 10.7. The zero-order valence-electron chi connectivity index (χ0n) is 19.0. The lowest BCUT2D eigenvalue weighted by Gasteiger charge is -2.48. The number of β-lactam (4-membered cyclic amide) rings is 1. The molecule has 0 aliphatic carbocycles. The highest BCUT2D eigenvalue weighted by atomic mass is 19.1. The van der Waals surface area contributed by atoms with Gasteiger partial charge in [0.2, 0.25) is 5.91 Å². The summed E-state index contributed by atoms with van der Waals surface area (Å²) in [5, 5.41) is 20.3. The van der Waals surface area contributed by atoms with Crippen molar-refractivity contribution in [3.8, 4) is 16.9 Å². The first-order chi connectivity index (χ1) is 17.0. The molecule has 3 atom stereocenters. The minimum absolute atomic E-state index is 0. The second-order valence-electron chi connectivity index (χ2n) is 8.78. The molecule has 3 aromatic carbocycles. The summed E-state index contributed by atoms with van der Waals surface area (Å²) in [5.74, 6) is -0.515. The number of benzene rings is 3. The van der Waals surface area contributed by atoms with Gasteiger partial charge >= 0.3 is 0 Å². The Bertz CT molecular complexity index is 1290. The lowest BCUT2D eigenvalue weighted by Crippen LogP contribution is -2.55. The van der Waals surface area contributed by atoms with E-state index in [9.17, 15) is 19.4 Å². The Morgan fingerprint density at radius 3 is 2.25 bits per heavy atom. The number of phenols is 1. The average Bonchev–Trinajstić information content (AvgIpc) is 2.89. The molecule has 5 nitrogen and oxygen atoms in total. The van der Waals surface area contributed by atoms with Crippen molar-refractivity contribution in [3.63, 3.8) is 0 Å².